The lowest BCUT2D eigenvalue weighted by Crippen LogP contribution is -2.26. The van der Waals surface area contributed by atoms with Gasteiger partial charge in [0.15, 0.2) is 0 Å². The quantitative estimate of drug-likeness (QED) is 0.817. The van der Waals surface area contributed by atoms with Crippen LogP contribution in [-0.2, 0) is 10.9 Å². The minimum atomic E-state index is -4.50. The van der Waals surface area contributed by atoms with Crippen molar-refractivity contribution < 1.29 is 22.7 Å². The fourth-order valence-corrected chi connectivity index (χ4v) is 2.52. The Kier molecular flexibility index (Phi) is 4.65. The van der Waals surface area contributed by atoms with Crippen LogP contribution < -0.4 is 5.32 Å². The van der Waals surface area contributed by atoms with Crippen LogP contribution >= 0.6 is 11.3 Å². The van der Waals surface area contributed by atoms with Crippen LogP contribution in [-0.4, -0.2) is 16.7 Å². The molecule has 0 atom stereocenters. The van der Waals surface area contributed by atoms with Gasteiger partial charge in [0.2, 0.25) is 0 Å². The number of pyridine rings is 1. The van der Waals surface area contributed by atoms with Crippen LogP contribution in [0.2, 0.25) is 0 Å². The zero-order chi connectivity index (χ0) is 17.3. The molecule has 1 amide bonds. The highest BCUT2D eigenvalue weighted by molar-refractivity contribution is 7.14. The standard InChI is InChI=1S/C15H15F3N2O2S/c1-14(2,3)22-13(21)20-12-7-10(8-23-12)9-4-5-19-11(6-9)15(16,17)18/h4-8H,1-3H3,(H,20,21). The summed E-state index contributed by atoms with van der Waals surface area (Å²) in [5, 5.41) is 4.69. The van der Waals surface area contributed by atoms with E-state index in [4.69, 9.17) is 4.74 Å². The molecule has 0 bridgehead atoms. The van der Waals surface area contributed by atoms with Crippen LogP contribution in [0.4, 0.5) is 23.0 Å². The van der Waals surface area contributed by atoms with Crippen LogP contribution in [0, 0.1) is 0 Å². The molecule has 23 heavy (non-hydrogen) atoms. The van der Waals surface area contributed by atoms with Gasteiger partial charge in [0, 0.05) is 11.6 Å². The van der Waals surface area contributed by atoms with Gasteiger partial charge in [0.1, 0.15) is 11.3 Å². The molecule has 2 aromatic rings. The number of carbonyl (C=O) groups is 1. The minimum absolute atomic E-state index is 0.376. The number of halogens is 3. The summed E-state index contributed by atoms with van der Waals surface area (Å²) in [5.74, 6) is 0. The maximum absolute atomic E-state index is 12.7. The Balaban J connectivity index is 2.15. The minimum Gasteiger partial charge on any atom is -0.444 e. The third-order valence-corrected chi connectivity index (χ3v) is 3.45. The van der Waals surface area contributed by atoms with Crippen LogP contribution in [0.15, 0.2) is 29.8 Å². The predicted molar refractivity (Wildman–Crippen MR) is 82.4 cm³/mol. The molecule has 4 nitrogen and oxygen atoms in total. The van der Waals surface area contributed by atoms with Crippen LogP contribution in [0.25, 0.3) is 11.1 Å². The van der Waals surface area contributed by atoms with E-state index in [-0.39, 0.29) is 0 Å². The lowest BCUT2D eigenvalue weighted by atomic mass is 10.1. The molecule has 0 aliphatic heterocycles. The monoisotopic (exact) mass is 344 g/mol. The third-order valence-electron chi connectivity index (χ3n) is 2.61. The maximum atomic E-state index is 12.7. The summed E-state index contributed by atoms with van der Waals surface area (Å²) in [5.41, 5.74) is -0.644. The number of rotatable bonds is 2. The molecule has 0 aliphatic carbocycles. The van der Waals surface area contributed by atoms with Crippen molar-refractivity contribution in [3.8, 4) is 11.1 Å². The van der Waals surface area contributed by atoms with Gasteiger partial charge in [0.25, 0.3) is 0 Å². The summed E-state index contributed by atoms with van der Waals surface area (Å²) in [6.45, 7) is 5.21. The van der Waals surface area contributed by atoms with Crippen LogP contribution in [0.5, 0.6) is 0 Å². The normalized spacial score (nSPS) is 12.1. The molecule has 0 radical (unpaired) electrons. The summed E-state index contributed by atoms with van der Waals surface area (Å²) in [7, 11) is 0. The van der Waals surface area contributed by atoms with E-state index in [1.54, 1.807) is 32.2 Å². The van der Waals surface area contributed by atoms with E-state index in [1.165, 1.54) is 17.4 Å². The van der Waals surface area contributed by atoms with Gasteiger partial charge in [-0.1, -0.05) is 0 Å². The number of amides is 1. The van der Waals surface area contributed by atoms with Gasteiger partial charge in [0.05, 0.1) is 5.00 Å². The average molecular weight is 344 g/mol. The van der Waals surface area contributed by atoms with E-state index < -0.39 is 23.6 Å². The summed E-state index contributed by atoms with van der Waals surface area (Å²) in [6.07, 6.45) is -4.00. The van der Waals surface area contributed by atoms with E-state index in [0.29, 0.717) is 16.1 Å². The molecule has 8 heteroatoms. The maximum Gasteiger partial charge on any atom is 0.433 e. The number of nitrogens with zero attached hydrogens (tertiary/aromatic N) is 1. The van der Waals surface area contributed by atoms with Gasteiger partial charge in [-0.15, -0.1) is 11.3 Å². The van der Waals surface area contributed by atoms with Crippen molar-refractivity contribution in [3.63, 3.8) is 0 Å². The molecule has 2 heterocycles. The van der Waals surface area contributed by atoms with Gasteiger partial charge in [-0.05, 0) is 50.1 Å². The topological polar surface area (TPSA) is 51.2 Å². The fraction of sp³-hybridized carbons (Fsp3) is 0.333. The Morgan fingerprint density at radius 1 is 1.22 bits per heavy atom. The molecule has 124 valence electrons. The summed E-state index contributed by atoms with van der Waals surface area (Å²) in [6, 6.07) is 4.04. The van der Waals surface area contributed by atoms with E-state index in [1.807, 2.05) is 0 Å². The number of nitrogens with one attached hydrogen (secondary N) is 1. The molecule has 0 unspecified atom stereocenters. The number of aromatic nitrogens is 1. The third kappa shape index (κ3) is 4.95. The molecule has 1 N–H and O–H groups in total. The van der Waals surface area contributed by atoms with E-state index >= 15 is 0 Å². The molecular formula is C15H15F3N2O2S. The Morgan fingerprint density at radius 2 is 1.91 bits per heavy atom. The van der Waals surface area contributed by atoms with Gasteiger partial charge >= 0.3 is 12.3 Å². The highest BCUT2D eigenvalue weighted by Crippen LogP contribution is 2.33. The second-order valence-corrected chi connectivity index (χ2v) is 6.67. The molecule has 0 aliphatic rings. The van der Waals surface area contributed by atoms with Crippen molar-refractivity contribution in [3.05, 3.63) is 35.5 Å². The lowest BCUT2D eigenvalue weighted by Gasteiger charge is -2.19. The zero-order valence-corrected chi connectivity index (χ0v) is 13.5. The van der Waals surface area contributed by atoms with Crippen molar-refractivity contribution in [1.82, 2.24) is 4.98 Å². The zero-order valence-electron chi connectivity index (χ0n) is 12.7. The molecule has 0 spiro atoms. The van der Waals surface area contributed by atoms with Crippen molar-refractivity contribution in [2.75, 3.05) is 5.32 Å². The van der Waals surface area contributed by atoms with Gasteiger partial charge in [-0.2, -0.15) is 13.2 Å². The van der Waals surface area contributed by atoms with Gasteiger partial charge in [-0.25, -0.2) is 4.79 Å². The second-order valence-electron chi connectivity index (χ2n) is 5.75. The SMILES string of the molecule is CC(C)(C)OC(=O)Nc1cc(-c2ccnc(C(F)(F)F)c2)cs1. The molecule has 0 fully saturated rings. The Labute approximate surface area is 135 Å². The molecule has 0 saturated heterocycles. The lowest BCUT2D eigenvalue weighted by molar-refractivity contribution is -0.141. The van der Waals surface area contributed by atoms with Crippen molar-refractivity contribution >= 4 is 22.4 Å². The number of ether oxygens (including phenoxy) is 1. The van der Waals surface area contributed by atoms with E-state index in [0.717, 1.165) is 12.3 Å². The molecule has 2 aromatic heterocycles. The van der Waals surface area contributed by atoms with Crippen LogP contribution in [0.1, 0.15) is 26.5 Å². The van der Waals surface area contributed by atoms with Crippen molar-refractivity contribution in [2.24, 2.45) is 0 Å². The Bertz CT molecular complexity index is 705. The second kappa shape index (κ2) is 6.19. The number of hydrogen-bond donors (Lipinski definition) is 1. The molecule has 0 saturated carbocycles. The van der Waals surface area contributed by atoms with Gasteiger partial charge < -0.3 is 4.74 Å². The van der Waals surface area contributed by atoms with E-state index in [9.17, 15) is 18.0 Å². The first-order valence-electron chi connectivity index (χ1n) is 6.67. The first-order valence-corrected chi connectivity index (χ1v) is 7.55. The summed E-state index contributed by atoms with van der Waals surface area (Å²) >= 11 is 1.20. The first-order chi connectivity index (χ1) is 10.5. The smallest absolute Gasteiger partial charge is 0.433 e. The fourth-order valence-electron chi connectivity index (χ4n) is 1.72. The molecular weight excluding hydrogens is 329 g/mol. The van der Waals surface area contributed by atoms with Crippen molar-refractivity contribution in [2.45, 2.75) is 32.5 Å². The van der Waals surface area contributed by atoms with E-state index in [2.05, 4.69) is 10.3 Å². The number of carbonyl (C=O) groups excluding carboxylic acids is 1. The highest BCUT2D eigenvalue weighted by Gasteiger charge is 2.32. The largest absolute Gasteiger partial charge is 0.444 e. The highest BCUT2D eigenvalue weighted by atomic mass is 32.1. The average Bonchev–Trinajstić information content (AvgIpc) is 2.84. The van der Waals surface area contributed by atoms with Gasteiger partial charge in [-0.3, -0.25) is 10.3 Å². The summed E-state index contributed by atoms with van der Waals surface area (Å²) in [4.78, 5) is 15.0. The number of hydrogen-bond acceptors (Lipinski definition) is 4. The Morgan fingerprint density at radius 3 is 2.52 bits per heavy atom. The molecule has 0 aromatic carbocycles. The predicted octanol–water partition coefficient (Wildman–Crippen LogP) is 5.18. The molecule has 2 rings (SSSR count). The van der Waals surface area contributed by atoms with Crippen molar-refractivity contribution in [1.29, 1.82) is 0 Å². The Hall–Kier alpha value is -2.09. The number of alkyl halides is 3. The number of anilines is 1. The first kappa shape index (κ1) is 17.3. The van der Waals surface area contributed by atoms with Crippen LogP contribution in [0.3, 0.4) is 0 Å². The summed E-state index contributed by atoms with van der Waals surface area (Å²) < 4.78 is 43.2. The number of thiophene rings is 1.